The average Bonchev–Trinajstić information content (AvgIpc) is 3.33. The van der Waals surface area contributed by atoms with Gasteiger partial charge in [-0.2, -0.15) is 0 Å². The van der Waals surface area contributed by atoms with Gasteiger partial charge in [-0.3, -0.25) is 0 Å². The number of hydrogen-bond donors (Lipinski definition) is 1. The Morgan fingerprint density at radius 1 is 1.23 bits per heavy atom. The van der Waals surface area contributed by atoms with Crippen LogP contribution >= 0.6 is 15.9 Å². The van der Waals surface area contributed by atoms with Crippen LogP contribution in [0.15, 0.2) is 9.63 Å². The zero-order valence-electron chi connectivity index (χ0n) is 16.6. The van der Waals surface area contributed by atoms with Crippen molar-refractivity contribution in [1.82, 2.24) is 14.9 Å². The van der Waals surface area contributed by atoms with E-state index in [2.05, 4.69) is 25.9 Å². The Morgan fingerprint density at radius 2 is 1.87 bits per heavy atom. The Kier molecular flexibility index (Phi) is 4.87. The molecule has 2 fully saturated rings. The highest BCUT2D eigenvalue weighted by Crippen LogP contribution is 2.44. The molecule has 31 heavy (non-hydrogen) atoms. The lowest BCUT2D eigenvalue weighted by Gasteiger charge is -2.41. The van der Waals surface area contributed by atoms with Crippen molar-refractivity contribution in [2.24, 2.45) is 0 Å². The van der Waals surface area contributed by atoms with Crippen LogP contribution in [0.5, 0.6) is 0 Å². The first-order valence-corrected chi connectivity index (χ1v) is 12.4. The number of ether oxygens (including phenoxy) is 1. The van der Waals surface area contributed by atoms with Crippen LogP contribution in [-0.2, 0) is 27.8 Å². The zero-order chi connectivity index (χ0) is 22.1. The van der Waals surface area contributed by atoms with Crippen LogP contribution in [0.1, 0.15) is 30.9 Å². The number of hydrogen-bond acceptors (Lipinski definition) is 7. The lowest BCUT2D eigenvalue weighted by atomic mass is 10.0. The van der Waals surface area contributed by atoms with Crippen molar-refractivity contribution in [3.8, 4) is 0 Å². The number of halogens is 2. The van der Waals surface area contributed by atoms with Crippen molar-refractivity contribution < 1.29 is 27.4 Å². The number of piperazine rings is 1. The predicted molar refractivity (Wildman–Crippen MR) is 112 cm³/mol. The van der Waals surface area contributed by atoms with E-state index in [4.69, 9.17) is 4.74 Å². The Morgan fingerprint density at radius 3 is 2.48 bits per heavy atom. The highest BCUT2D eigenvalue weighted by molar-refractivity contribution is 9.10. The van der Waals surface area contributed by atoms with E-state index in [0.717, 1.165) is 18.4 Å². The van der Waals surface area contributed by atoms with Gasteiger partial charge in [0.25, 0.3) is 0 Å². The average molecular weight is 515 g/mol. The monoisotopic (exact) mass is 514 g/mol. The summed E-state index contributed by atoms with van der Waals surface area (Å²) >= 11 is 3.27. The minimum absolute atomic E-state index is 0.0618. The van der Waals surface area contributed by atoms with Gasteiger partial charge in [0.1, 0.15) is 11.3 Å². The van der Waals surface area contributed by atoms with Crippen LogP contribution in [0.4, 0.5) is 15.0 Å². The maximum absolute atomic E-state index is 15.4. The van der Waals surface area contributed by atoms with Crippen LogP contribution in [0.25, 0.3) is 10.9 Å². The molecule has 3 aliphatic rings. The largest absolute Gasteiger partial charge is 0.465 e. The third kappa shape index (κ3) is 3.10. The number of carbonyl (C=O) groups is 1. The summed E-state index contributed by atoms with van der Waals surface area (Å²) in [5.74, 6) is -0.510. The molecule has 1 aromatic heterocycles. The fourth-order valence-corrected chi connectivity index (χ4v) is 6.07. The number of rotatable bonds is 3. The van der Waals surface area contributed by atoms with E-state index in [1.807, 2.05) is 4.90 Å². The first-order valence-electron chi connectivity index (χ1n) is 10.00. The highest BCUT2D eigenvalue weighted by Gasteiger charge is 2.44. The van der Waals surface area contributed by atoms with E-state index in [-0.39, 0.29) is 54.1 Å². The molecule has 1 amide bonds. The normalized spacial score (nSPS) is 22.9. The van der Waals surface area contributed by atoms with Crippen LogP contribution in [-0.4, -0.2) is 65.4 Å². The first-order chi connectivity index (χ1) is 14.7. The fraction of sp³-hybridized carbons (Fsp3) is 0.526. The Bertz CT molecular complexity index is 1210. The summed E-state index contributed by atoms with van der Waals surface area (Å²) in [5, 5.41) is 9.47. The molecule has 1 aromatic carbocycles. The van der Waals surface area contributed by atoms with Crippen LogP contribution in [0.2, 0.25) is 0 Å². The molecule has 1 N–H and O–H groups in total. The molecule has 0 radical (unpaired) electrons. The van der Waals surface area contributed by atoms with E-state index < -0.39 is 26.9 Å². The highest BCUT2D eigenvalue weighted by atomic mass is 79.9. The molecule has 12 heteroatoms. The summed E-state index contributed by atoms with van der Waals surface area (Å²) in [4.78, 5) is 23.5. The number of carboxylic acid groups (broad SMARTS) is 1. The predicted octanol–water partition coefficient (Wildman–Crippen LogP) is 2.69. The number of amides is 1. The summed E-state index contributed by atoms with van der Waals surface area (Å²) in [5.41, 5.74) is 1.34. The van der Waals surface area contributed by atoms with Crippen molar-refractivity contribution in [2.45, 2.75) is 50.2 Å². The topological polar surface area (TPSA) is 113 Å². The number of likely N-dealkylation sites (tertiary alicyclic amines) is 1. The molecule has 0 aliphatic carbocycles. The molecule has 2 unspecified atom stereocenters. The Labute approximate surface area is 186 Å². The van der Waals surface area contributed by atoms with Gasteiger partial charge >= 0.3 is 6.09 Å². The van der Waals surface area contributed by atoms with Crippen molar-refractivity contribution >= 4 is 48.6 Å². The quantitative estimate of drug-likeness (QED) is 0.622. The fourth-order valence-electron chi connectivity index (χ4n) is 4.81. The SMILES string of the molecule is CCS(=O)(=O)c1nc(N2C3CCC2CN(C(=O)O)C3)c2c3c(c(Br)c(F)c2n1)COC3. The summed E-state index contributed by atoms with van der Waals surface area (Å²) < 4.78 is 46.4. The standard InChI is InChI=1S/C19H20BrFN4O5S/c1-2-31(28,29)18-22-16-13(11-7-30-8-12(11)14(20)15(16)21)17(23-18)25-9-3-4-10(25)6-24(5-9)19(26)27/h9-10H,2-8H2,1H3,(H,26,27). The molecule has 9 nitrogen and oxygen atoms in total. The molecule has 2 saturated heterocycles. The second-order valence-corrected chi connectivity index (χ2v) is 11.0. The van der Waals surface area contributed by atoms with Gasteiger partial charge in [0, 0.05) is 30.7 Å². The molecular formula is C19H20BrFN4O5S. The van der Waals surface area contributed by atoms with Crippen LogP contribution in [0.3, 0.4) is 0 Å². The van der Waals surface area contributed by atoms with Gasteiger partial charge in [0.15, 0.2) is 5.82 Å². The summed E-state index contributed by atoms with van der Waals surface area (Å²) in [6.45, 7) is 2.53. The molecule has 4 heterocycles. The van der Waals surface area contributed by atoms with Crippen LogP contribution in [0, 0.1) is 5.82 Å². The molecule has 5 rings (SSSR count). The molecule has 166 valence electrons. The second kappa shape index (κ2) is 7.24. The second-order valence-electron chi connectivity index (χ2n) is 8.01. The minimum Gasteiger partial charge on any atom is -0.465 e. The van der Waals surface area contributed by atoms with E-state index in [9.17, 15) is 18.3 Å². The zero-order valence-corrected chi connectivity index (χ0v) is 19.0. The van der Waals surface area contributed by atoms with Crippen LogP contribution < -0.4 is 4.90 Å². The molecule has 2 bridgehead atoms. The van der Waals surface area contributed by atoms with E-state index in [1.165, 1.54) is 11.8 Å². The van der Waals surface area contributed by atoms with Gasteiger partial charge < -0.3 is 19.6 Å². The number of benzene rings is 1. The molecule has 0 spiro atoms. The van der Waals surface area contributed by atoms with Gasteiger partial charge in [0.05, 0.1) is 28.8 Å². The number of aromatic nitrogens is 2. The van der Waals surface area contributed by atoms with Gasteiger partial charge in [-0.15, -0.1) is 0 Å². The van der Waals surface area contributed by atoms with E-state index in [1.54, 1.807) is 0 Å². The van der Waals surface area contributed by atoms with Crippen molar-refractivity contribution in [2.75, 3.05) is 23.7 Å². The van der Waals surface area contributed by atoms with Gasteiger partial charge in [0.2, 0.25) is 15.0 Å². The lowest BCUT2D eigenvalue weighted by molar-refractivity contribution is 0.133. The molecular weight excluding hydrogens is 495 g/mol. The molecule has 0 saturated carbocycles. The lowest BCUT2D eigenvalue weighted by Crippen LogP contribution is -2.55. The van der Waals surface area contributed by atoms with E-state index >= 15 is 4.39 Å². The molecule has 2 atom stereocenters. The summed E-state index contributed by atoms with van der Waals surface area (Å²) in [6, 6.07) is -0.343. The summed E-state index contributed by atoms with van der Waals surface area (Å²) in [7, 11) is -3.80. The van der Waals surface area contributed by atoms with Gasteiger partial charge in [-0.1, -0.05) is 6.92 Å². The number of anilines is 1. The Balaban J connectivity index is 1.79. The third-order valence-electron chi connectivity index (χ3n) is 6.35. The van der Waals surface area contributed by atoms with Crippen molar-refractivity contribution in [3.05, 3.63) is 21.4 Å². The smallest absolute Gasteiger partial charge is 0.407 e. The van der Waals surface area contributed by atoms with E-state index in [0.29, 0.717) is 16.8 Å². The van der Waals surface area contributed by atoms with Crippen molar-refractivity contribution in [3.63, 3.8) is 0 Å². The minimum atomic E-state index is -3.80. The summed E-state index contributed by atoms with van der Waals surface area (Å²) in [6.07, 6.45) is 0.503. The first kappa shape index (κ1) is 20.8. The van der Waals surface area contributed by atoms with Crippen molar-refractivity contribution in [1.29, 1.82) is 0 Å². The maximum atomic E-state index is 15.4. The number of sulfone groups is 1. The molecule has 2 aromatic rings. The maximum Gasteiger partial charge on any atom is 0.407 e. The Hall–Kier alpha value is -2.05. The molecule has 3 aliphatic heterocycles. The third-order valence-corrected chi connectivity index (χ3v) is 8.68. The van der Waals surface area contributed by atoms with Gasteiger partial charge in [-0.25, -0.2) is 27.6 Å². The number of fused-ring (bicyclic) bond motifs is 5. The number of nitrogens with zero attached hydrogens (tertiary/aromatic N) is 4. The van der Waals surface area contributed by atoms with Gasteiger partial charge in [-0.05, 0) is 34.3 Å².